The molecule has 0 bridgehead atoms. The van der Waals surface area contributed by atoms with Crippen LogP contribution in [-0.2, 0) is 6.61 Å². The van der Waals surface area contributed by atoms with Crippen molar-refractivity contribution in [3.05, 3.63) is 59.7 Å². The Morgan fingerprint density at radius 2 is 1.64 bits per heavy atom. The lowest BCUT2D eigenvalue weighted by molar-refractivity contribution is -0.274. The fraction of sp³-hybridized carbons (Fsp3) is 0.125. The molecule has 0 amide bonds. The molecule has 9 heteroatoms. The first-order valence-electron chi connectivity index (χ1n) is 7.02. The number of halogens is 3. The van der Waals surface area contributed by atoms with E-state index in [2.05, 4.69) is 14.9 Å². The van der Waals surface area contributed by atoms with Gasteiger partial charge in [0, 0.05) is 5.56 Å². The molecule has 4 N–H and O–H groups in total. The molecule has 0 saturated carbocycles. The number of nitrogens with two attached hydrogens (primary N) is 2. The van der Waals surface area contributed by atoms with Crippen molar-refractivity contribution in [1.82, 2.24) is 0 Å². The monoisotopic (exact) mass is 352 g/mol. The van der Waals surface area contributed by atoms with Crippen molar-refractivity contribution in [3.8, 4) is 11.5 Å². The Balaban J connectivity index is 2.02. The van der Waals surface area contributed by atoms with Gasteiger partial charge in [-0.3, -0.25) is 0 Å². The Kier molecular flexibility index (Phi) is 5.83. The molecule has 0 aliphatic carbocycles. The molecule has 0 heterocycles. The molecule has 0 unspecified atom stereocenters. The van der Waals surface area contributed by atoms with E-state index in [0.29, 0.717) is 5.75 Å². The normalized spacial score (nSPS) is 11.3. The van der Waals surface area contributed by atoms with Gasteiger partial charge < -0.3 is 20.9 Å². The molecule has 0 radical (unpaired) electrons. The Labute approximate surface area is 141 Å². The summed E-state index contributed by atoms with van der Waals surface area (Å²) in [7, 11) is 0. The smallest absolute Gasteiger partial charge is 0.489 e. The number of ether oxygens (including phenoxy) is 2. The van der Waals surface area contributed by atoms with Crippen LogP contribution >= 0.6 is 0 Å². The Morgan fingerprint density at radius 3 is 2.28 bits per heavy atom. The van der Waals surface area contributed by atoms with Gasteiger partial charge in [-0.1, -0.05) is 24.3 Å². The summed E-state index contributed by atoms with van der Waals surface area (Å²) >= 11 is 0. The summed E-state index contributed by atoms with van der Waals surface area (Å²) in [6.07, 6.45) is -3.26. The number of alkyl halides is 3. The van der Waals surface area contributed by atoms with E-state index in [1.165, 1.54) is 30.5 Å². The van der Waals surface area contributed by atoms with Crippen molar-refractivity contribution in [3.63, 3.8) is 0 Å². The van der Waals surface area contributed by atoms with Gasteiger partial charge in [0.1, 0.15) is 18.1 Å². The Morgan fingerprint density at radius 1 is 1.00 bits per heavy atom. The largest absolute Gasteiger partial charge is 0.573 e. The quantitative estimate of drug-likeness (QED) is 0.475. The molecular weight excluding hydrogens is 337 g/mol. The van der Waals surface area contributed by atoms with Crippen molar-refractivity contribution < 1.29 is 22.6 Å². The number of guanidine groups is 1. The molecule has 0 spiro atoms. The molecule has 6 nitrogen and oxygen atoms in total. The molecule has 132 valence electrons. The van der Waals surface area contributed by atoms with Gasteiger partial charge in [-0.2, -0.15) is 5.10 Å². The summed E-state index contributed by atoms with van der Waals surface area (Å²) in [5.41, 5.74) is 11.9. The fourth-order valence-corrected chi connectivity index (χ4v) is 1.85. The second-order valence-electron chi connectivity index (χ2n) is 4.78. The average molecular weight is 352 g/mol. The fourth-order valence-electron chi connectivity index (χ4n) is 1.85. The lowest BCUT2D eigenvalue weighted by atomic mass is 10.1. The summed E-state index contributed by atoms with van der Waals surface area (Å²) < 4.78 is 45.7. The zero-order chi connectivity index (χ0) is 18.3. The van der Waals surface area contributed by atoms with Crippen LogP contribution in [0, 0.1) is 0 Å². The predicted molar refractivity (Wildman–Crippen MR) is 87.3 cm³/mol. The van der Waals surface area contributed by atoms with E-state index < -0.39 is 6.36 Å². The Bertz CT molecular complexity index is 755. The first kappa shape index (κ1) is 18.1. The van der Waals surface area contributed by atoms with Gasteiger partial charge in [-0.25, -0.2) is 0 Å². The van der Waals surface area contributed by atoms with Crippen LogP contribution in [0.5, 0.6) is 11.5 Å². The molecule has 0 atom stereocenters. The first-order valence-corrected chi connectivity index (χ1v) is 7.02. The number of rotatable bonds is 6. The maximum atomic E-state index is 12.1. The summed E-state index contributed by atoms with van der Waals surface area (Å²) in [4.78, 5) is 0. The van der Waals surface area contributed by atoms with Gasteiger partial charge in [0.2, 0.25) is 5.96 Å². The molecule has 0 aliphatic rings. The highest BCUT2D eigenvalue weighted by atomic mass is 19.4. The predicted octanol–water partition coefficient (Wildman–Crippen LogP) is 2.77. The van der Waals surface area contributed by atoms with Crippen molar-refractivity contribution in [2.75, 3.05) is 0 Å². The van der Waals surface area contributed by atoms with E-state index in [9.17, 15) is 13.2 Å². The maximum absolute atomic E-state index is 12.1. The van der Waals surface area contributed by atoms with E-state index in [-0.39, 0.29) is 18.3 Å². The van der Waals surface area contributed by atoms with Crippen LogP contribution in [0.15, 0.2) is 58.7 Å². The number of hydrogen-bond acceptors (Lipinski definition) is 4. The molecule has 2 aromatic rings. The minimum Gasteiger partial charge on any atom is -0.489 e. The lowest BCUT2D eigenvalue weighted by Gasteiger charge is -2.11. The molecule has 0 saturated heterocycles. The van der Waals surface area contributed by atoms with E-state index in [0.717, 1.165) is 11.1 Å². The summed E-state index contributed by atoms with van der Waals surface area (Å²) in [5, 5.41) is 7.25. The van der Waals surface area contributed by atoms with E-state index in [1.807, 2.05) is 18.2 Å². The Hall–Kier alpha value is -3.23. The van der Waals surface area contributed by atoms with Crippen molar-refractivity contribution >= 4 is 12.2 Å². The SMILES string of the molecule is NC(N)=NN=Cc1ccccc1COc1ccc(OC(F)(F)F)cc1. The van der Waals surface area contributed by atoms with Crippen LogP contribution in [0.3, 0.4) is 0 Å². The highest BCUT2D eigenvalue weighted by Gasteiger charge is 2.30. The molecule has 25 heavy (non-hydrogen) atoms. The van der Waals surface area contributed by atoms with E-state index >= 15 is 0 Å². The van der Waals surface area contributed by atoms with Gasteiger partial charge in [0.15, 0.2) is 0 Å². The van der Waals surface area contributed by atoms with Gasteiger partial charge in [-0.15, -0.1) is 18.3 Å². The zero-order valence-corrected chi connectivity index (χ0v) is 12.9. The molecule has 2 aromatic carbocycles. The van der Waals surface area contributed by atoms with Crippen LogP contribution in [0.2, 0.25) is 0 Å². The van der Waals surface area contributed by atoms with Crippen molar-refractivity contribution in [1.29, 1.82) is 0 Å². The topological polar surface area (TPSA) is 95.2 Å². The number of nitrogens with zero attached hydrogens (tertiary/aromatic N) is 2. The summed E-state index contributed by atoms with van der Waals surface area (Å²) in [5.74, 6) is -0.0822. The van der Waals surface area contributed by atoms with Crippen molar-refractivity contribution in [2.24, 2.45) is 21.7 Å². The second kappa shape index (κ2) is 8.04. The van der Waals surface area contributed by atoms with E-state index in [1.54, 1.807) is 6.07 Å². The van der Waals surface area contributed by atoms with Gasteiger partial charge >= 0.3 is 6.36 Å². The second-order valence-corrected chi connectivity index (χ2v) is 4.78. The highest BCUT2D eigenvalue weighted by Crippen LogP contribution is 2.25. The third kappa shape index (κ3) is 6.42. The lowest BCUT2D eigenvalue weighted by Crippen LogP contribution is -2.21. The summed E-state index contributed by atoms with van der Waals surface area (Å²) in [6.45, 7) is 0.184. The molecule has 0 aliphatic heterocycles. The molecule has 0 fully saturated rings. The molecular formula is C16H15F3N4O2. The third-order valence-electron chi connectivity index (χ3n) is 2.88. The van der Waals surface area contributed by atoms with Gasteiger partial charge in [-0.05, 0) is 29.8 Å². The average Bonchev–Trinajstić information content (AvgIpc) is 2.53. The zero-order valence-electron chi connectivity index (χ0n) is 12.9. The maximum Gasteiger partial charge on any atom is 0.573 e. The van der Waals surface area contributed by atoms with Crippen LogP contribution in [0.1, 0.15) is 11.1 Å². The minimum absolute atomic E-state index is 0.161. The van der Waals surface area contributed by atoms with E-state index in [4.69, 9.17) is 16.2 Å². The van der Waals surface area contributed by atoms with Crippen LogP contribution < -0.4 is 20.9 Å². The molecule has 2 rings (SSSR count). The van der Waals surface area contributed by atoms with Crippen molar-refractivity contribution in [2.45, 2.75) is 13.0 Å². The third-order valence-corrected chi connectivity index (χ3v) is 2.88. The van der Waals surface area contributed by atoms with Crippen LogP contribution in [0.4, 0.5) is 13.2 Å². The van der Waals surface area contributed by atoms with Crippen LogP contribution in [0.25, 0.3) is 0 Å². The standard InChI is InChI=1S/C16H15F3N4O2/c17-16(18,19)25-14-7-5-13(6-8-14)24-10-12-4-2-1-3-11(12)9-22-23-15(20)21/h1-9H,10H2,(H4,20,21,23). The first-order chi connectivity index (χ1) is 11.8. The number of benzene rings is 2. The van der Waals surface area contributed by atoms with Gasteiger partial charge in [0.05, 0.1) is 6.21 Å². The highest BCUT2D eigenvalue weighted by molar-refractivity contribution is 5.83. The van der Waals surface area contributed by atoms with Crippen LogP contribution in [-0.4, -0.2) is 18.5 Å². The number of hydrogen-bond donors (Lipinski definition) is 2. The summed E-state index contributed by atoms with van der Waals surface area (Å²) in [6, 6.07) is 12.4. The minimum atomic E-state index is -4.73. The van der Waals surface area contributed by atoms with Gasteiger partial charge in [0.25, 0.3) is 0 Å². The molecule has 0 aromatic heterocycles.